The zero-order chi connectivity index (χ0) is 13.0. The second-order valence-electron chi connectivity index (χ2n) is 4.18. The van der Waals surface area contributed by atoms with Crippen molar-refractivity contribution < 1.29 is 9.90 Å². The minimum atomic E-state index is -0.842. The van der Waals surface area contributed by atoms with E-state index in [1.165, 1.54) is 0 Å². The highest BCUT2D eigenvalue weighted by Crippen LogP contribution is 2.21. The Morgan fingerprint density at radius 1 is 1.53 bits per heavy atom. The molecule has 0 aliphatic carbocycles. The van der Waals surface area contributed by atoms with Gasteiger partial charge in [-0.05, 0) is 29.7 Å². The molecule has 0 saturated heterocycles. The fourth-order valence-electron chi connectivity index (χ4n) is 1.51. The third-order valence-corrected chi connectivity index (χ3v) is 3.31. The smallest absolute Gasteiger partial charge is 0.320 e. The molecule has 3 nitrogen and oxygen atoms in total. The van der Waals surface area contributed by atoms with Gasteiger partial charge in [0, 0.05) is 16.0 Å². The summed E-state index contributed by atoms with van der Waals surface area (Å²) >= 11 is 9.39. The molecule has 0 aliphatic heterocycles. The number of carboxylic acids is 1. The number of carbonyl (C=O) groups is 1. The highest BCUT2D eigenvalue weighted by Gasteiger charge is 2.20. The Bertz CT molecular complexity index is 409. The number of benzene rings is 1. The molecule has 0 bridgehead atoms. The fraction of sp³-hybridized carbons (Fsp3) is 0.417. The minimum Gasteiger partial charge on any atom is -0.480 e. The van der Waals surface area contributed by atoms with Gasteiger partial charge in [-0.15, -0.1) is 0 Å². The van der Waals surface area contributed by atoms with Crippen LogP contribution in [0.3, 0.4) is 0 Å². The van der Waals surface area contributed by atoms with Gasteiger partial charge in [0.15, 0.2) is 0 Å². The van der Waals surface area contributed by atoms with Crippen LogP contribution in [0.5, 0.6) is 0 Å². The molecule has 0 saturated carbocycles. The summed E-state index contributed by atoms with van der Waals surface area (Å²) in [6, 6.07) is 4.95. The molecule has 1 aromatic carbocycles. The van der Waals surface area contributed by atoms with Crippen molar-refractivity contribution in [2.24, 2.45) is 5.92 Å². The van der Waals surface area contributed by atoms with E-state index < -0.39 is 12.0 Å². The minimum absolute atomic E-state index is 0.0263. The Labute approximate surface area is 114 Å². The normalized spacial score (nSPS) is 12.8. The van der Waals surface area contributed by atoms with E-state index in [1.54, 1.807) is 6.07 Å². The van der Waals surface area contributed by atoms with Crippen molar-refractivity contribution in [1.29, 1.82) is 0 Å². The Morgan fingerprint density at radius 3 is 2.71 bits per heavy atom. The Morgan fingerprint density at radius 2 is 2.18 bits per heavy atom. The van der Waals surface area contributed by atoms with Crippen molar-refractivity contribution in [3.05, 3.63) is 33.3 Å². The largest absolute Gasteiger partial charge is 0.480 e. The molecule has 0 spiro atoms. The van der Waals surface area contributed by atoms with Crippen LogP contribution in [0, 0.1) is 5.92 Å². The molecular formula is C12H15BrClNO2. The second kappa shape index (κ2) is 6.38. The number of hydrogen-bond acceptors (Lipinski definition) is 2. The summed E-state index contributed by atoms with van der Waals surface area (Å²) in [5.74, 6) is -0.815. The lowest BCUT2D eigenvalue weighted by Crippen LogP contribution is -2.40. The maximum atomic E-state index is 11.0. The molecule has 0 amide bonds. The Balaban J connectivity index is 2.72. The van der Waals surface area contributed by atoms with Crippen LogP contribution < -0.4 is 5.32 Å². The van der Waals surface area contributed by atoms with Crippen LogP contribution in [0.25, 0.3) is 0 Å². The van der Waals surface area contributed by atoms with Gasteiger partial charge in [0.25, 0.3) is 0 Å². The van der Waals surface area contributed by atoms with Crippen LogP contribution in [-0.4, -0.2) is 17.1 Å². The molecule has 0 aliphatic rings. The molecule has 1 rings (SSSR count). The van der Waals surface area contributed by atoms with E-state index in [2.05, 4.69) is 21.2 Å². The predicted octanol–water partition coefficient (Wildman–Crippen LogP) is 3.30. The van der Waals surface area contributed by atoms with Crippen molar-refractivity contribution >= 4 is 33.5 Å². The van der Waals surface area contributed by atoms with Gasteiger partial charge in [-0.2, -0.15) is 0 Å². The molecular weight excluding hydrogens is 305 g/mol. The first-order chi connectivity index (χ1) is 7.91. The summed E-state index contributed by atoms with van der Waals surface area (Å²) in [4.78, 5) is 11.0. The lowest BCUT2D eigenvalue weighted by atomic mass is 10.0. The average Bonchev–Trinajstić information content (AvgIpc) is 2.22. The van der Waals surface area contributed by atoms with E-state index in [9.17, 15) is 4.79 Å². The van der Waals surface area contributed by atoms with Crippen LogP contribution in [-0.2, 0) is 11.3 Å². The number of nitrogens with one attached hydrogen (secondary N) is 1. The zero-order valence-corrected chi connectivity index (χ0v) is 12.0. The first-order valence-corrected chi connectivity index (χ1v) is 6.49. The first-order valence-electron chi connectivity index (χ1n) is 5.32. The van der Waals surface area contributed by atoms with Gasteiger partial charge in [-0.1, -0.05) is 41.4 Å². The lowest BCUT2D eigenvalue weighted by molar-refractivity contribution is -0.140. The monoisotopic (exact) mass is 319 g/mol. The quantitative estimate of drug-likeness (QED) is 0.875. The summed E-state index contributed by atoms with van der Waals surface area (Å²) in [5, 5.41) is 12.7. The maximum absolute atomic E-state index is 11.0. The van der Waals surface area contributed by atoms with Crippen LogP contribution >= 0.6 is 27.5 Å². The molecule has 17 heavy (non-hydrogen) atoms. The summed E-state index contributed by atoms with van der Waals surface area (Å²) < 4.78 is 0.926. The van der Waals surface area contributed by atoms with Crippen LogP contribution in [0.15, 0.2) is 22.7 Å². The third kappa shape index (κ3) is 4.30. The van der Waals surface area contributed by atoms with E-state index in [0.717, 1.165) is 10.0 Å². The SMILES string of the molecule is CC(C)[C@H](NCc1cc(Br)ccc1Cl)C(=O)O. The van der Waals surface area contributed by atoms with E-state index in [1.807, 2.05) is 26.0 Å². The van der Waals surface area contributed by atoms with Crippen molar-refractivity contribution in [2.45, 2.75) is 26.4 Å². The highest BCUT2D eigenvalue weighted by atomic mass is 79.9. The number of halogens is 2. The molecule has 2 N–H and O–H groups in total. The van der Waals surface area contributed by atoms with Gasteiger partial charge in [-0.3, -0.25) is 4.79 Å². The second-order valence-corrected chi connectivity index (χ2v) is 5.50. The molecule has 0 radical (unpaired) electrons. The van der Waals surface area contributed by atoms with Gasteiger partial charge in [0.1, 0.15) is 6.04 Å². The van der Waals surface area contributed by atoms with Crippen molar-refractivity contribution in [1.82, 2.24) is 5.32 Å². The fourth-order valence-corrected chi connectivity index (χ4v) is 2.10. The molecule has 0 unspecified atom stereocenters. The number of rotatable bonds is 5. The molecule has 1 atom stereocenters. The molecule has 5 heteroatoms. The standard InChI is InChI=1S/C12H15BrClNO2/c1-7(2)11(12(16)17)15-6-8-5-9(13)3-4-10(8)14/h3-5,7,11,15H,6H2,1-2H3,(H,16,17)/t11-/m0/s1. The number of carboxylic acid groups (broad SMARTS) is 1. The zero-order valence-electron chi connectivity index (χ0n) is 9.71. The van der Waals surface area contributed by atoms with Crippen molar-refractivity contribution in [3.63, 3.8) is 0 Å². The maximum Gasteiger partial charge on any atom is 0.320 e. The van der Waals surface area contributed by atoms with E-state index >= 15 is 0 Å². The van der Waals surface area contributed by atoms with Crippen LogP contribution in [0.1, 0.15) is 19.4 Å². The van der Waals surface area contributed by atoms with Gasteiger partial charge in [0.2, 0.25) is 0 Å². The summed E-state index contributed by atoms with van der Waals surface area (Å²) in [6.45, 7) is 4.18. The number of aliphatic carboxylic acids is 1. The molecule has 94 valence electrons. The van der Waals surface area contributed by atoms with E-state index in [4.69, 9.17) is 16.7 Å². The Kier molecular flexibility index (Phi) is 5.43. The topological polar surface area (TPSA) is 49.3 Å². The average molecular weight is 321 g/mol. The molecule has 0 heterocycles. The van der Waals surface area contributed by atoms with E-state index in [-0.39, 0.29) is 5.92 Å². The number of hydrogen-bond donors (Lipinski definition) is 2. The first kappa shape index (κ1) is 14.5. The third-order valence-electron chi connectivity index (χ3n) is 2.45. The van der Waals surface area contributed by atoms with Gasteiger partial charge >= 0.3 is 5.97 Å². The summed E-state index contributed by atoms with van der Waals surface area (Å²) in [7, 11) is 0. The predicted molar refractivity (Wildman–Crippen MR) is 72.3 cm³/mol. The summed E-state index contributed by atoms with van der Waals surface area (Å²) in [5.41, 5.74) is 0.882. The highest BCUT2D eigenvalue weighted by molar-refractivity contribution is 9.10. The van der Waals surface area contributed by atoms with Crippen molar-refractivity contribution in [2.75, 3.05) is 0 Å². The molecule has 0 fully saturated rings. The van der Waals surface area contributed by atoms with E-state index in [0.29, 0.717) is 11.6 Å². The Hall–Kier alpha value is -0.580. The van der Waals surface area contributed by atoms with Crippen LogP contribution in [0.2, 0.25) is 5.02 Å². The lowest BCUT2D eigenvalue weighted by Gasteiger charge is -2.18. The van der Waals surface area contributed by atoms with Gasteiger partial charge in [0.05, 0.1) is 0 Å². The molecule has 0 aromatic heterocycles. The van der Waals surface area contributed by atoms with Crippen molar-refractivity contribution in [3.8, 4) is 0 Å². The molecule has 1 aromatic rings. The van der Waals surface area contributed by atoms with Gasteiger partial charge < -0.3 is 10.4 Å². The summed E-state index contributed by atoms with van der Waals surface area (Å²) in [6.07, 6.45) is 0. The van der Waals surface area contributed by atoms with Gasteiger partial charge in [-0.25, -0.2) is 0 Å². The van der Waals surface area contributed by atoms with Crippen LogP contribution in [0.4, 0.5) is 0 Å².